The number of pyridine rings is 2. The molecule has 0 saturated heterocycles. The number of aromatic nitrogens is 2. The molecule has 0 aliphatic heterocycles. The van der Waals surface area contributed by atoms with E-state index >= 15 is 0 Å². The Morgan fingerprint density at radius 2 is 1.90 bits per heavy atom. The highest BCUT2D eigenvalue weighted by Gasteiger charge is 2.11. The number of benzene rings is 1. The van der Waals surface area contributed by atoms with E-state index < -0.39 is 0 Å². The minimum Gasteiger partial charge on any atom is -0.328 e. The number of nitrogens with one attached hydrogen (secondary N) is 1. The Labute approximate surface area is 118 Å². The Morgan fingerprint density at radius 3 is 2.85 bits per heavy atom. The van der Waals surface area contributed by atoms with Crippen LogP contribution >= 0.6 is 11.3 Å². The lowest BCUT2D eigenvalue weighted by Gasteiger charge is -2.04. The Kier molecular flexibility index (Phi) is 2.44. The monoisotopic (exact) mass is 278 g/mol. The highest BCUT2D eigenvalue weighted by molar-refractivity contribution is 7.17. The van der Waals surface area contributed by atoms with Gasteiger partial charge in [0.15, 0.2) is 0 Å². The summed E-state index contributed by atoms with van der Waals surface area (Å²) in [4.78, 5) is 18.9. The normalized spacial score (nSPS) is 11.2. The van der Waals surface area contributed by atoms with Crippen LogP contribution in [0.4, 0.5) is 0 Å². The van der Waals surface area contributed by atoms with Gasteiger partial charge in [0, 0.05) is 45.2 Å². The fourth-order valence-corrected chi connectivity index (χ4v) is 3.47. The standard InChI is InChI=1S/C16H10N2OS/c19-16-11-5-6-17-7-12(11)13(8-18-16)14-9-20-15-4-2-1-3-10(14)15/h1-9H,(H,18,19). The van der Waals surface area contributed by atoms with Gasteiger partial charge in [-0.3, -0.25) is 9.78 Å². The second kappa shape index (κ2) is 4.28. The zero-order chi connectivity index (χ0) is 13.5. The first kappa shape index (κ1) is 11.4. The Hall–Kier alpha value is -2.46. The van der Waals surface area contributed by atoms with E-state index in [1.54, 1.807) is 36.0 Å². The van der Waals surface area contributed by atoms with Gasteiger partial charge in [-0.25, -0.2) is 0 Å². The van der Waals surface area contributed by atoms with E-state index in [4.69, 9.17) is 0 Å². The van der Waals surface area contributed by atoms with E-state index in [0.29, 0.717) is 5.39 Å². The summed E-state index contributed by atoms with van der Waals surface area (Å²) in [6, 6.07) is 10.0. The maximum atomic E-state index is 11.9. The predicted molar refractivity (Wildman–Crippen MR) is 83.2 cm³/mol. The maximum absolute atomic E-state index is 11.9. The highest BCUT2D eigenvalue weighted by Crippen LogP contribution is 2.35. The molecule has 3 heterocycles. The first-order chi connectivity index (χ1) is 9.84. The predicted octanol–water partition coefficient (Wildman–Crippen LogP) is 3.80. The van der Waals surface area contributed by atoms with E-state index in [0.717, 1.165) is 16.5 Å². The van der Waals surface area contributed by atoms with Crippen LogP contribution in [-0.2, 0) is 0 Å². The third-order valence-corrected chi connectivity index (χ3v) is 4.44. The summed E-state index contributed by atoms with van der Waals surface area (Å²) >= 11 is 1.71. The molecule has 0 atom stereocenters. The molecule has 20 heavy (non-hydrogen) atoms. The first-order valence-corrected chi connectivity index (χ1v) is 7.14. The molecule has 0 amide bonds. The number of fused-ring (bicyclic) bond motifs is 2. The van der Waals surface area contributed by atoms with Crippen molar-refractivity contribution in [2.24, 2.45) is 0 Å². The molecular formula is C16H10N2OS. The van der Waals surface area contributed by atoms with Crippen molar-refractivity contribution in [2.75, 3.05) is 0 Å². The fraction of sp³-hybridized carbons (Fsp3) is 0. The largest absolute Gasteiger partial charge is 0.328 e. The molecule has 0 radical (unpaired) electrons. The Balaban J connectivity index is 2.13. The third kappa shape index (κ3) is 1.58. The van der Waals surface area contributed by atoms with E-state index in [2.05, 4.69) is 27.5 Å². The van der Waals surface area contributed by atoms with Crippen LogP contribution in [0, 0.1) is 0 Å². The number of thiophene rings is 1. The van der Waals surface area contributed by atoms with Crippen LogP contribution in [0.5, 0.6) is 0 Å². The zero-order valence-corrected chi connectivity index (χ0v) is 11.3. The molecule has 0 aliphatic rings. The fourth-order valence-electron chi connectivity index (χ4n) is 2.51. The molecule has 0 spiro atoms. The molecule has 3 aromatic heterocycles. The zero-order valence-electron chi connectivity index (χ0n) is 10.5. The van der Waals surface area contributed by atoms with E-state index in [1.807, 2.05) is 12.1 Å². The van der Waals surface area contributed by atoms with Gasteiger partial charge in [0.25, 0.3) is 5.56 Å². The molecule has 0 bridgehead atoms. The summed E-state index contributed by atoms with van der Waals surface area (Å²) in [5.74, 6) is 0. The molecule has 1 aromatic carbocycles. The first-order valence-electron chi connectivity index (χ1n) is 6.26. The van der Waals surface area contributed by atoms with Crippen LogP contribution in [0.1, 0.15) is 0 Å². The Morgan fingerprint density at radius 1 is 1.00 bits per heavy atom. The molecule has 96 valence electrons. The van der Waals surface area contributed by atoms with Crippen molar-refractivity contribution in [2.45, 2.75) is 0 Å². The van der Waals surface area contributed by atoms with Crippen LogP contribution in [-0.4, -0.2) is 9.97 Å². The average Bonchev–Trinajstić information content (AvgIpc) is 2.92. The summed E-state index contributed by atoms with van der Waals surface area (Å²) in [6.45, 7) is 0. The number of nitrogens with zero attached hydrogens (tertiary/aromatic N) is 1. The van der Waals surface area contributed by atoms with Crippen LogP contribution in [0.15, 0.2) is 59.1 Å². The van der Waals surface area contributed by atoms with Gasteiger partial charge in [-0.15, -0.1) is 11.3 Å². The molecule has 0 aliphatic carbocycles. The van der Waals surface area contributed by atoms with Crippen molar-refractivity contribution in [1.82, 2.24) is 9.97 Å². The van der Waals surface area contributed by atoms with Gasteiger partial charge in [-0.05, 0) is 17.5 Å². The summed E-state index contributed by atoms with van der Waals surface area (Å²) in [7, 11) is 0. The van der Waals surface area contributed by atoms with Crippen LogP contribution in [0.3, 0.4) is 0 Å². The lowest BCUT2D eigenvalue weighted by atomic mass is 10.0. The summed E-state index contributed by atoms with van der Waals surface area (Å²) in [5, 5.41) is 4.90. The quantitative estimate of drug-likeness (QED) is 0.575. The van der Waals surface area contributed by atoms with Gasteiger partial charge in [0.1, 0.15) is 0 Å². The van der Waals surface area contributed by atoms with Gasteiger partial charge in [-0.2, -0.15) is 0 Å². The van der Waals surface area contributed by atoms with Crippen LogP contribution in [0.2, 0.25) is 0 Å². The number of H-pyrrole nitrogens is 1. The van der Waals surface area contributed by atoms with E-state index in [1.165, 1.54) is 10.1 Å². The maximum Gasteiger partial charge on any atom is 0.255 e. The summed E-state index contributed by atoms with van der Waals surface area (Å²) in [6.07, 6.45) is 5.18. The number of aromatic amines is 1. The van der Waals surface area contributed by atoms with Gasteiger partial charge in [0.2, 0.25) is 0 Å². The van der Waals surface area contributed by atoms with Gasteiger partial charge in [-0.1, -0.05) is 18.2 Å². The second-order valence-electron chi connectivity index (χ2n) is 4.60. The lowest BCUT2D eigenvalue weighted by molar-refractivity contribution is 1.26. The SMILES string of the molecule is O=c1[nH]cc(-c2csc3ccccc23)c2cnccc12. The minimum absolute atomic E-state index is 0.0781. The van der Waals surface area contributed by atoms with Gasteiger partial charge >= 0.3 is 0 Å². The van der Waals surface area contributed by atoms with Crippen LogP contribution in [0.25, 0.3) is 32.0 Å². The minimum atomic E-state index is -0.0781. The summed E-state index contributed by atoms with van der Waals surface area (Å²) in [5.41, 5.74) is 2.08. The molecule has 3 nitrogen and oxygen atoms in total. The molecule has 0 fully saturated rings. The topological polar surface area (TPSA) is 45.8 Å². The molecule has 0 unspecified atom stereocenters. The number of hydrogen-bond donors (Lipinski definition) is 1. The summed E-state index contributed by atoms with van der Waals surface area (Å²) < 4.78 is 1.24. The number of hydrogen-bond acceptors (Lipinski definition) is 3. The third-order valence-electron chi connectivity index (χ3n) is 3.47. The second-order valence-corrected chi connectivity index (χ2v) is 5.51. The molecule has 4 heteroatoms. The highest BCUT2D eigenvalue weighted by atomic mass is 32.1. The van der Waals surface area contributed by atoms with E-state index in [9.17, 15) is 4.79 Å². The van der Waals surface area contributed by atoms with Crippen LogP contribution < -0.4 is 5.56 Å². The van der Waals surface area contributed by atoms with Gasteiger partial charge in [0.05, 0.1) is 5.39 Å². The molecule has 4 aromatic rings. The van der Waals surface area contributed by atoms with Crippen molar-refractivity contribution in [3.63, 3.8) is 0 Å². The lowest BCUT2D eigenvalue weighted by Crippen LogP contribution is -2.05. The molecule has 1 N–H and O–H groups in total. The smallest absolute Gasteiger partial charge is 0.255 e. The van der Waals surface area contributed by atoms with Gasteiger partial charge < -0.3 is 4.98 Å². The van der Waals surface area contributed by atoms with Crippen molar-refractivity contribution in [3.8, 4) is 11.1 Å². The molecular weight excluding hydrogens is 268 g/mol. The Bertz CT molecular complexity index is 984. The van der Waals surface area contributed by atoms with Crippen molar-refractivity contribution >= 4 is 32.2 Å². The number of rotatable bonds is 1. The average molecular weight is 278 g/mol. The van der Waals surface area contributed by atoms with E-state index in [-0.39, 0.29) is 5.56 Å². The van der Waals surface area contributed by atoms with Crippen molar-refractivity contribution < 1.29 is 0 Å². The molecule has 0 saturated carbocycles. The van der Waals surface area contributed by atoms with Crippen molar-refractivity contribution in [3.05, 3.63) is 64.7 Å². The molecule has 4 rings (SSSR count). The van der Waals surface area contributed by atoms with Crippen molar-refractivity contribution in [1.29, 1.82) is 0 Å².